The Morgan fingerprint density at radius 2 is 2.22 bits per heavy atom. The van der Waals surface area contributed by atoms with E-state index in [2.05, 4.69) is 6.58 Å². The maximum Gasteiger partial charge on any atom is 0.0756 e. The standard InChI is InChI=1S/C7H12O2/c1-2-4-7(9)5-3-6-8/h2-3,5,7-9H,1,4,6H2/b5-3+. The minimum absolute atomic E-state index is 0.0196. The minimum atomic E-state index is -0.491. The van der Waals surface area contributed by atoms with E-state index in [1.54, 1.807) is 12.2 Å². The van der Waals surface area contributed by atoms with Crippen molar-refractivity contribution in [3.8, 4) is 0 Å². The van der Waals surface area contributed by atoms with Crippen molar-refractivity contribution in [1.29, 1.82) is 0 Å². The number of hydrogen-bond donors (Lipinski definition) is 2. The fourth-order valence-electron chi connectivity index (χ4n) is 0.467. The predicted molar refractivity (Wildman–Crippen MR) is 37.0 cm³/mol. The van der Waals surface area contributed by atoms with Gasteiger partial charge >= 0.3 is 0 Å². The monoisotopic (exact) mass is 128 g/mol. The summed E-state index contributed by atoms with van der Waals surface area (Å²) in [4.78, 5) is 0. The molecule has 0 rings (SSSR count). The summed E-state index contributed by atoms with van der Waals surface area (Å²) in [7, 11) is 0. The minimum Gasteiger partial charge on any atom is -0.392 e. The molecule has 0 heterocycles. The van der Waals surface area contributed by atoms with Gasteiger partial charge in [-0.25, -0.2) is 0 Å². The van der Waals surface area contributed by atoms with Gasteiger partial charge in [0.15, 0.2) is 0 Å². The Morgan fingerprint density at radius 3 is 2.67 bits per heavy atom. The van der Waals surface area contributed by atoms with Gasteiger partial charge in [-0.05, 0) is 6.42 Å². The molecule has 1 unspecified atom stereocenters. The molecule has 2 N–H and O–H groups in total. The van der Waals surface area contributed by atoms with Crippen molar-refractivity contribution >= 4 is 0 Å². The van der Waals surface area contributed by atoms with Crippen molar-refractivity contribution in [2.75, 3.05) is 6.61 Å². The Labute approximate surface area is 55.1 Å². The highest BCUT2D eigenvalue weighted by Gasteiger charge is 1.91. The average Bonchev–Trinajstić information content (AvgIpc) is 1.85. The van der Waals surface area contributed by atoms with Crippen LogP contribution in [0.5, 0.6) is 0 Å². The molecule has 2 heteroatoms. The van der Waals surface area contributed by atoms with Crippen LogP contribution in [0.1, 0.15) is 6.42 Å². The fourth-order valence-corrected chi connectivity index (χ4v) is 0.467. The summed E-state index contributed by atoms with van der Waals surface area (Å²) < 4.78 is 0. The van der Waals surface area contributed by atoms with E-state index >= 15 is 0 Å². The van der Waals surface area contributed by atoms with E-state index in [1.807, 2.05) is 0 Å². The van der Waals surface area contributed by atoms with Gasteiger partial charge in [-0.15, -0.1) is 6.58 Å². The highest BCUT2D eigenvalue weighted by molar-refractivity contribution is 4.91. The van der Waals surface area contributed by atoms with E-state index in [1.165, 1.54) is 6.08 Å². The lowest BCUT2D eigenvalue weighted by Gasteiger charge is -1.97. The third kappa shape index (κ3) is 5.27. The first-order valence-electron chi connectivity index (χ1n) is 2.87. The van der Waals surface area contributed by atoms with Crippen molar-refractivity contribution in [2.45, 2.75) is 12.5 Å². The van der Waals surface area contributed by atoms with Gasteiger partial charge in [-0.3, -0.25) is 0 Å². The maximum atomic E-state index is 8.91. The van der Waals surface area contributed by atoms with Crippen LogP contribution in [0.4, 0.5) is 0 Å². The molecule has 0 aromatic carbocycles. The van der Waals surface area contributed by atoms with Gasteiger partial charge in [0, 0.05) is 0 Å². The summed E-state index contributed by atoms with van der Waals surface area (Å²) in [6.45, 7) is 3.43. The first-order valence-corrected chi connectivity index (χ1v) is 2.87. The molecule has 0 saturated heterocycles. The molecule has 0 aliphatic heterocycles. The van der Waals surface area contributed by atoms with Crippen molar-refractivity contribution in [3.63, 3.8) is 0 Å². The summed E-state index contributed by atoms with van der Waals surface area (Å²) in [6, 6.07) is 0. The van der Waals surface area contributed by atoms with Crippen molar-refractivity contribution in [3.05, 3.63) is 24.8 Å². The van der Waals surface area contributed by atoms with E-state index in [0.717, 1.165) is 0 Å². The summed E-state index contributed by atoms with van der Waals surface area (Å²) in [6.07, 6.45) is 4.73. The molecule has 0 radical (unpaired) electrons. The van der Waals surface area contributed by atoms with Gasteiger partial charge in [0.05, 0.1) is 12.7 Å². The quantitative estimate of drug-likeness (QED) is 0.540. The van der Waals surface area contributed by atoms with Crippen LogP contribution in [0.15, 0.2) is 24.8 Å². The van der Waals surface area contributed by atoms with E-state index < -0.39 is 6.10 Å². The maximum absolute atomic E-state index is 8.91. The number of hydrogen-bond acceptors (Lipinski definition) is 2. The third-order valence-electron chi connectivity index (χ3n) is 0.872. The van der Waals surface area contributed by atoms with E-state index in [-0.39, 0.29) is 6.61 Å². The Bertz CT molecular complexity index is 97.1. The van der Waals surface area contributed by atoms with Gasteiger partial charge in [-0.1, -0.05) is 18.2 Å². The second kappa shape index (κ2) is 5.54. The smallest absolute Gasteiger partial charge is 0.0756 e. The first-order chi connectivity index (χ1) is 4.31. The Morgan fingerprint density at radius 1 is 1.56 bits per heavy atom. The zero-order chi connectivity index (χ0) is 7.11. The summed E-state index contributed by atoms with van der Waals surface area (Å²) in [5.74, 6) is 0. The SMILES string of the molecule is C=CCC(O)/C=C/CO. The molecule has 0 aromatic rings. The summed E-state index contributed by atoms with van der Waals surface area (Å²) in [5.41, 5.74) is 0. The van der Waals surface area contributed by atoms with Crippen LogP contribution in [0, 0.1) is 0 Å². The molecule has 0 fully saturated rings. The Hall–Kier alpha value is -0.600. The molecule has 0 aromatic heterocycles. The largest absolute Gasteiger partial charge is 0.392 e. The van der Waals surface area contributed by atoms with E-state index in [9.17, 15) is 0 Å². The van der Waals surface area contributed by atoms with Crippen LogP contribution in [0.25, 0.3) is 0 Å². The van der Waals surface area contributed by atoms with Crippen LogP contribution in [-0.2, 0) is 0 Å². The highest BCUT2D eigenvalue weighted by Crippen LogP contribution is 1.92. The lowest BCUT2D eigenvalue weighted by atomic mass is 10.2. The zero-order valence-electron chi connectivity index (χ0n) is 5.33. The molecular weight excluding hydrogens is 116 g/mol. The first kappa shape index (κ1) is 8.40. The van der Waals surface area contributed by atoms with Crippen molar-refractivity contribution < 1.29 is 10.2 Å². The van der Waals surface area contributed by atoms with E-state index in [0.29, 0.717) is 6.42 Å². The molecule has 0 aliphatic rings. The fraction of sp³-hybridized carbons (Fsp3) is 0.429. The second-order valence-corrected chi connectivity index (χ2v) is 1.70. The number of rotatable bonds is 4. The predicted octanol–water partition coefficient (Wildman–Crippen LogP) is 0.472. The van der Waals surface area contributed by atoms with Crippen molar-refractivity contribution in [1.82, 2.24) is 0 Å². The molecular formula is C7H12O2. The second-order valence-electron chi connectivity index (χ2n) is 1.70. The molecule has 0 amide bonds. The molecule has 0 bridgehead atoms. The van der Waals surface area contributed by atoms with Gasteiger partial charge in [0.1, 0.15) is 0 Å². The molecule has 2 nitrogen and oxygen atoms in total. The van der Waals surface area contributed by atoms with Gasteiger partial charge < -0.3 is 10.2 Å². The Balaban J connectivity index is 3.35. The molecule has 52 valence electrons. The van der Waals surface area contributed by atoms with Crippen LogP contribution >= 0.6 is 0 Å². The zero-order valence-corrected chi connectivity index (χ0v) is 5.33. The average molecular weight is 128 g/mol. The lowest BCUT2D eigenvalue weighted by Crippen LogP contribution is -1.99. The van der Waals surface area contributed by atoms with Crippen LogP contribution < -0.4 is 0 Å². The van der Waals surface area contributed by atoms with Crippen LogP contribution in [-0.4, -0.2) is 22.9 Å². The van der Waals surface area contributed by atoms with Crippen LogP contribution in [0.2, 0.25) is 0 Å². The molecule has 0 saturated carbocycles. The van der Waals surface area contributed by atoms with Gasteiger partial charge in [-0.2, -0.15) is 0 Å². The topological polar surface area (TPSA) is 40.5 Å². The number of aliphatic hydroxyl groups excluding tert-OH is 2. The van der Waals surface area contributed by atoms with E-state index in [4.69, 9.17) is 10.2 Å². The summed E-state index contributed by atoms with van der Waals surface area (Å²) in [5, 5.41) is 17.2. The lowest BCUT2D eigenvalue weighted by molar-refractivity contribution is 0.225. The van der Waals surface area contributed by atoms with Gasteiger partial charge in [0.25, 0.3) is 0 Å². The molecule has 9 heavy (non-hydrogen) atoms. The number of aliphatic hydroxyl groups is 2. The summed E-state index contributed by atoms with van der Waals surface area (Å²) >= 11 is 0. The highest BCUT2D eigenvalue weighted by atomic mass is 16.3. The Kier molecular flexibility index (Phi) is 5.17. The van der Waals surface area contributed by atoms with Crippen LogP contribution in [0.3, 0.4) is 0 Å². The normalized spacial score (nSPS) is 14.0. The van der Waals surface area contributed by atoms with Crippen molar-refractivity contribution in [2.24, 2.45) is 0 Å². The molecule has 0 spiro atoms. The molecule has 1 atom stereocenters. The van der Waals surface area contributed by atoms with Gasteiger partial charge in [0.2, 0.25) is 0 Å². The third-order valence-corrected chi connectivity index (χ3v) is 0.872. The molecule has 0 aliphatic carbocycles.